The lowest BCUT2D eigenvalue weighted by Gasteiger charge is -2.29. The number of carbonyl (C=O) groups excluding carboxylic acids is 3. The monoisotopic (exact) mass is 704 g/mol. The Bertz CT molecular complexity index is 2120. The van der Waals surface area contributed by atoms with Gasteiger partial charge in [0, 0.05) is 18.7 Å². The fourth-order valence-electron chi connectivity index (χ4n) is 7.60. The van der Waals surface area contributed by atoms with Crippen molar-refractivity contribution in [2.24, 2.45) is 17.6 Å². The first-order valence-electron chi connectivity index (χ1n) is 18.3. The minimum atomic E-state index is -0.681. The van der Waals surface area contributed by atoms with Gasteiger partial charge >= 0.3 is 6.09 Å². The number of methoxy groups -OCH3 is 1. The van der Waals surface area contributed by atoms with Gasteiger partial charge in [0.1, 0.15) is 17.7 Å². The molecule has 2 saturated heterocycles. The molecule has 12 heteroatoms. The van der Waals surface area contributed by atoms with Gasteiger partial charge in [-0.3, -0.25) is 9.59 Å². The lowest BCUT2D eigenvalue weighted by atomic mass is 9.99. The highest BCUT2D eigenvalue weighted by molar-refractivity contribution is 5.92. The van der Waals surface area contributed by atoms with Gasteiger partial charge in [-0.25, -0.2) is 14.8 Å². The van der Waals surface area contributed by atoms with Crippen molar-refractivity contribution in [2.45, 2.75) is 77.5 Å². The number of H-pyrrole nitrogens is 2. The van der Waals surface area contributed by atoms with Crippen LogP contribution in [0.25, 0.3) is 44.2 Å². The highest BCUT2D eigenvalue weighted by Crippen LogP contribution is 2.36. The third-order valence-electron chi connectivity index (χ3n) is 10.7. The first-order chi connectivity index (χ1) is 25.0. The zero-order valence-electron chi connectivity index (χ0n) is 30.5. The lowest BCUT2D eigenvalue weighted by molar-refractivity contribution is -0.136. The Morgan fingerprint density at radius 2 is 1.42 bits per heavy atom. The van der Waals surface area contributed by atoms with E-state index in [1.807, 2.05) is 49.8 Å². The number of fused-ring (bicyclic) bond motifs is 2. The summed E-state index contributed by atoms with van der Waals surface area (Å²) in [5.41, 5.74) is 12.0. The van der Waals surface area contributed by atoms with E-state index >= 15 is 0 Å². The van der Waals surface area contributed by atoms with Gasteiger partial charge in [0.05, 0.1) is 48.2 Å². The smallest absolute Gasteiger partial charge is 0.407 e. The predicted octanol–water partition coefficient (Wildman–Crippen LogP) is 6.46. The molecule has 0 aliphatic carbocycles. The summed E-state index contributed by atoms with van der Waals surface area (Å²) < 4.78 is 4.77. The van der Waals surface area contributed by atoms with Crippen LogP contribution in [0.1, 0.15) is 77.1 Å². The zero-order valence-corrected chi connectivity index (χ0v) is 30.5. The minimum absolute atomic E-state index is 0.0114. The third-order valence-corrected chi connectivity index (χ3v) is 10.7. The molecule has 0 radical (unpaired) electrons. The molecule has 272 valence electrons. The summed E-state index contributed by atoms with van der Waals surface area (Å²) >= 11 is 0. The molecule has 2 aliphatic rings. The first kappa shape index (κ1) is 35.2. The van der Waals surface area contributed by atoms with E-state index in [9.17, 15) is 14.4 Å². The number of hydrogen-bond acceptors (Lipinski definition) is 7. The fourth-order valence-corrected chi connectivity index (χ4v) is 7.60. The average molecular weight is 705 g/mol. The number of nitrogens with one attached hydrogen (secondary N) is 3. The number of imidazole rings is 2. The highest BCUT2D eigenvalue weighted by atomic mass is 16.5. The van der Waals surface area contributed by atoms with Crippen molar-refractivity contribution >= 4 is 39.7 Å². The van der Waals surface area contributed by atoms with Gasteiger partial charge in [0.15, 0.2) is 0 Å². The minimum Gasteiger partial charge on any atom is -0.453 e. The second kappa shape index (κ2) is 14.4. The maximum Gasteiger partial charge on any atom is 0.407 e. The number of ether oxygens (including phenoxy) is 1. The number of rotatable bonds is 9. The Morgan fingerprint density at radius 1 is 0.808 bits per heavy atom. The fraction of sp³-hybridized carbons (Fsp3) is 0.425. The van der Waals surface area contributed by atoms with Crippen LogP contribution in [-0.2, 0) is 14.3 Å². The number of nitrogens with zero attached hydrogens (tertiary/aromatic N) is 4. The lowest BCUT2D eigenvalue weighted by Crippen LogP contribution is -2.51. The first-order valence-corrected chi connectivity index (χ1v) is 18.3. The zero-order chi connectivity index (χ0) is 36.7. The van der Waals surface area contributed by atoms with Gasteiger partial charge < -0.3 is 35.6 Å². The quantitative estimate of drug-likeness (QED) is 0.137. The van der Waals surface area contributed by atoms with E-state index in [1.165, 1.54) is 7.11 Å². The number of aromatic nitrogens is 4. The summed E-state index contributed by atoms with van der Waals surface area (Å²) in [7, 11) is 1.30. The molecule has 0 unspecified atom stereocenters. The Morgan fingerprint density at radius 3 is 2.10 bits per heavy atom. The average Bonchev–Trinajstić information content (AvgIpc) is 3.97. The van der Waals surface area contributed by atoms with Crippen LogP contribution in [0.2, 0.25) is 0 Å². The molecule has 12 nitrogen and oxygen atoms in total. The molecule has 0 bridgehead atoms. The van der Waals surface area contributed by atoms with Gasteiger partial charge in [-0.1, -0.05) is 58.0 Å². The largest absolute Gasteiger partial charge is 0.453 e. The Hall–Kier alpha value is -5.23. The van der Waals surface area contributed by atoms with Crippen LogP contribution in [0.4, 0.5) is 4.79 Å². The number of alkyl carbamates (subject to hydrolysis) is 1. The van der Waals surface area contributed by atoms with E-state index in [2.05, 4.69) is 63.8 Å². The molecular formula is C40H48N8O4. The molecule has 4 atom stereocenters. The second-order valence-electron chi connectivity index (χ2n) is 14.8. The van der Waals surface area contributed by atoms with Gasteiger partial charge in [0.2, 0.25) is 11.8 Å². The van der Waals surface area contributed by atoms with Crippen molar-refractivity contribution < 1.29 is 19.1 Å². The number of amides is 3. The number of nitrogens with two attached hydrogens (primary N) is 1. The van der Waals surface area contributed by atoms with Gasteiger partial charge in [0.25, 0.3) is 0 Å². The molecule has 2 aliphatic heterocycles. The Labute approximate surface area is 303 Å². The van der Waals surface area contributed by atoms with E-state index in [1.54, 1.807) is 0 Å². The normalized spacial score (nSPS) is 18.8. The van der Waals surface area contributed by atoms with Crippen LogP contribution in [-0.4, -0.2) is 79.9 Å². The maximum atomic E-state index is 13.6. The van der Waals surface area contributed by atoms with Crippen LogP contribution < -0.4 is 11.1 Å². The highest BCUT2D eigenvalue weighted by Gasteiger charge is 2.38. The molecule has 2 aromatic heterocycles. The molecule has 3 aromatic carbocycles. The molecule has 52 heavy (non-hydrogen) atoms. The molecule has 2 fully saturated rings. The summed E-state index contributed by atoms with van der Waals surface area (Å²) in [5, 5.41) is 4.93. The van der Waals surface area contributed by atoms with E-state index in [-0.39, 0.29) is 35.7 Å². The van der Waals surface area contributed by atoms with E-state index < -0.39 is 18.2 Å². The Balaban J connectivity index is 1.09. The van der Waals surface area contributed by atoms with E-state index in [4.69, 9.17) is 20.4 Å². The van der Waals surface area contributed by atoms with Crippen molar-refractivity contribution in [3.63, 3.8) is 0 Å². The molecule has 3 amide bonds. The number of hydrogen-bond donors (Lipinski definition) is 4. The number of aromatic amines is 2. The van der Waals surface area contributed by atoms with Gasteiger partial charge in [-0.05, 0) is 83.7 Å². The molecule has 4 heterocycles. The van der Waals surface area contributed by atoms with Crippen LogP contribution in [0.15, 0.2) is 60.8 Å². The summed E-state index contributed by atoms with van der Waals surface area (Å²) in [6.07, 6.45) is 4.68. The molecule has 0 spiro atoms. The van der Waals surface area contributed by atoms with Crippen molar-refractivity contribution in [2.75, 3.05) is 20.2 Å². The summed E-state index contributed by atoms with van der Waals surface area (Å²) in [4.78, 5) is 59.0. The second-order valence-corrected chi connectivity index (χ2v) is 14.8. The van der Waals surface area contributed by atoms with Crippen LogP contribution in [0, 0.1) is 11.8 Å². The van der Waals surface area contributed by atoms with Gasteiger partial charge in [-0.15, -0.1) is 0 Å². The van der Waals surface area contributed by atoms with Crippen LogP contribution >= 0.6 is 0 Å². The maximum absolute atomic E-state index is 13.6. The number of carbonyl (C=O) groups is 3. The van der Waals surface area contributed by atoms with Crippen LogP contribution in [0.3, 0.4) is 0 Å². The van der Waals surface area contributed by atoms with Gasteiger partial charge in [-0.2, -0.15) is 0 Å². The Kier molecular flexibility index (Phi) is 9.76. The standard InChI is InChI=1S/C40H48N8O4/c1-22(2)34(41)38(49)47-16-6-8-32(47)36-42-21-31(45-36)28-13-12-24-18-25(10-11-26(24)19-28)27-14-15-29-30(20-27)44-37(43-29)33-9-7-17-48(33)39(50)35(23(3)4)46-40(51)52-5/h10-15,18-23,32-35H,6-9,16-17,41H2,1-5H3,(H,42,45)(H,43,44)(H,46,51)/t32-,33-,34-,35-/m0/s1. The van der Waals surface area contributed by atoms with Crippen molar-refractivity contribution in [1.82, 2.24) is 35.1 Å². The molecule has 5 N–H and O–H groups in total. The SMILES string of the molecule is COC(=O)N[C@H](C(=O)N1CCC[C@H]1c1nc2ccc(-c3ccc4cc(-c5cnc([C@@H]6CCCN6C(=O)[C@@H](N)C(C)C)[nH]5)ccc4c3)cc2[nH]1)C(C)C. The number of benzene rings is 3. The molecular weight excluding hydrogens is 656 g/mol. The molecule has 5 aromatic rings. The van der Waals surface area contributed by atoms with E-state index in [0.29, 0.717) is 13.1 Å². The topological polar surface area (TPSA) is 162 Å². The molecule has 7 rings (SSSR count). The summed E-state index contributed by atoms with van der Waals surface area (Å²) in [6, 6.07) is 17.5. The van der Waals surface area contributed by atoms with Crippen molar-refractivity contribution in [1.29, 1.82) is 0 Å². The predicted molar refractivity (Wildman–Crippen MR) is 201 cm³/mol. The summed E-state index contributed by atoms with van der Waals surface area (Å²) in [5.74, 6) is 1.39. The number of likely N-dealkylation sites (tertiary alicyclic amines) is 2. The van der Waals surface area contributed by atoms with Crippen molar-refractivity contribution in [3.05, 3.63) is 72.4 Å². The summed E-state index contributed by atoms with van der Waals surface area (Å²) in [6.45, 7) is 9.07. The van der Waals surface area contributed by atoms with Crippen LogP contribution in [0.5, 0.6) is 0 Å². The third kappa shape index (κ3) is 6.74. The van der Waals surface area contributed by atoms with E-state index in [0.717, 1.165) is 81.5 Å². The molecule has 0 saturated carbocycles. The van der Waals surface area contributed by atoms with Crippen molar-refractivity contribution in [3.8, 4) is 22.4 Å².